The zero-order valence-corrected chi connectivity index (χ0v) is 14.4. The summed E-state index contributed by atoms with van der Waals surface area (Å²) in [6.07, 6.45) is 6.27. The minimum absolute atomic E-state index is 0.0253. The monoisotopic (exact) mass is 353 g/mol. The third-order valence-electron chi connectivity index (χ3n) is 4.69. The molecule has 8 heteroatoms. The highest BCUT2D eigenvalue weighted by atomic mass is 16.3. The number of nitrogens with zero attached hydrogens (tertiary/aromatic N) is 4. The van der Waals surface area contributed by atoms with E-state index >= 15 is 0 Å². The topological polar surface area (TPSA) is 92.7 Å². The smallest absolute Gasteiger partial charge is 0.227 e. The molecule has 0 aromatic carbocycles. The first kappa shape index (κ1) is 16.3. The van der Waals surface area contributed by atoms with E-state index in [0.29, 0.717) is 43.1 Å². The van der Waals surface area contributed by atoms with Crippen LogP contribution in [0.4, 0.5) is 5.69 Å². The molecule has 0 bridgehead atoms. The van der Waals surface area contributed by atoms with Gasteiger partial charge in [-0.3, -0.25) is 9.59 Å². The van der Waals surface area contributed by atoms with E-state index in [1.807, 2.05) is 12.1 Å². The van der Waals surface area contributed by atoms with Gasteiger partial charge in [-0.05, 0) is 31.0 Å². The highest BCUT2D eigenvalue weighted by molar-refractivity contribution is 5.92. The normalized spacial score (nSPS) is 15.3. The summed E-state index contributed by atoms with van der Waals surface area (Å²) < 4.78 is 6.70. The SMILES string of the molecule is CC(=O)N1CCC(C(=O)Nc2ccc3nc(-c4ccoc4)nn3c2)CC1. The molecule has 0 unspecified atom stereocenters. The maximum Gasteiger partial charge on any atom is 0.227 e. The summed E-state index contributed by atoms with van der Waals surface area (Å²) >= 11 is 0. The first-order valence-corrected chi connectivity index (χ1v) is 8.55. The number of furan rings is 1. The van der Waals surface area contributed by atoms with Crippen molar-refractivity contribution in [3.05, 3.63) is 36.9 Å². The van der Waals surface area contributed by atoms with Crippen LogP contribution in [0.15, 0.2) is 41.3 Å². The molecule has 4 heterocycles. The van der Waals surface area contributed by atoms with E-state index in [-0.39, 0.29) is 17.7 Å². The van der Waals surface area contributed by atoms with Crippen molar-refractivity contribution in [2.75, 3.05) is 18.4 Å². The van der Waals surface area contributed by atoms with Crippen LogP contribution >= 0.6 is 0 Å². The van der Waals surface area contributed by atoms with Crippen molar-refractivity contribution < 1.29 is 14.0 Å². The molecular weight excluding hydrogens is 334 g/mol. The molecule has 3 aromatic rings. The largest absolute Gasteiger partial charge is 0.472 e. The Morgan fingerprint density at radius 1 is 1.23 bits per heavy atom. The molecule has 0 radical (unpaired) electrons. The van der Waals surface area contributed by atoms with Gasteiger partial charge in [0.2, 0.25) is 11.8 Å². The number of pyridine rings is 1. The second-order valence-electron chi connectivity index (χ2n) is 6.44. The molecule has 1 saturated heterocycles. The summed E-state index contributed by atoms with van der Waals surface area (Å²) in [5.41, 5.74) is 2.16. The Labute approximate surface area is 149 Å². The number of carbonyl (C=O) groups excluding carboxylic acids is 2. The zero-order valence-electron chi connectivity index (χ0n) is 14.4. The summed E-state index contributed by atoms with van der Waals surface area (Å²) in [5.74, 6) is 0.522. The van der Waals surface area contributed by atoms with E-state index in [2.05, 4.69) is 15.4 Å². The molecule has 1 aliphatic heterocycles. The average molecular weight is 353 g/mol. The van der Waals surface area contributed by atoms with Crippen molar-refractivity contribution in [2.24, 2.45) is 5.92 Å². The Hall–Kier alpha value is -3.16. The number of carbonyl (C=O) groups is 2. The molecule has 0 aliphatic carbocycles. The van der Waals surface area contributed by atoms with Gasteiger partial charge in [-0.25, -0.2) is 9.50 Å². The fraction of sp³-hybridized carbons (Fsp3) is 0.333. The van der Waals surface area contributed by atoms with Gasteiger partial charge in [0.25, 0.3) is 0 Å². The second kappa shape index (κ2) is 6.62. The number of likely N-dealkylation sites (tertiary alicyclic amines) is 1. The van der Waals surface area contributed by atoms with Gasteiger partial charge in [0.1, 0.15) is 6.26 Å². The summed E-state index contributed by atoms with van der Waals surface area (Å²) in [6.45, 7) is 2.82. The lowest BCUT2D eigenvalue weighted by molar-refractivity contribution is -0.132. The Morgan fingerprint density at radius 3 is 2.73 bits per heavy atom. The predicted molar refractivity (Wildman–Crippen MR) is 94.3 cm³/mol. The van der Waals surface area contributed by atoms with Crippen molar-refractivity contribution in [3.63, 3.8) is 0 Å². The van der Waals surface area contributed by atoms with E-state index in [4.69, 9.17) is 4.42 Å². The number of nitrogens with one attached hydrogen (secondary N) is 1. The van der Waals surface area contributed by atoms with Gasteiger partial charge in [-0.1, -0.05) is 0 Å². The minimum Gasteiger partial charge on any atom is -0.472 e. The molecule has 3 aromatic heterocycles. The Morgan fingerprint density at radius 2 is 2.04 bits per heavy atom. The van der Waals surface area contributed by atoms with Crippen molar-refractivity contribution in [1.29, 1.82) is 0 Å². The fourth-order valence-corrected chi connectivity index (χ4v) is 3.17. The molecule has 134 valence electrons. The van der Waals surface area contributed by atoms with Gasteiger partial charge >= 0.3 is 0 Å². The molecule has 0 atom stereocenters. The molecule has 0 spiro atoms. The molecule has 26 heavy (non-hydrogen) atoms. The third kappa shape index (κ3) is 3.17. The maximum atomic E-state index is 12.5. The molecule has 2 amide bonds. The van der Waals surface area contributed by atoms with Crippen LogP contribution in [0.3, 0.4) is 0 Å². The highest BCUT2D eigenvalue weighted by Crippen LogP contribution is 2.21. The number of hydrogen-bond acceptors (Lipinski definition) is 5. The van der Waals surface area contributed by atoms with Crippen LogP contribution in [0.5, 0.6) is 0 Å². The number of amides is 2. The third-order valence-corrected chi connectivity index (χ3v) is 4.69. The van der Waals surface area contributed by atoms with Gasteiger partial charge in [-0.15, -0.1) is 5.10 Å². The zero-order chi connectivity index (χ0) is 18.1. The molecular formula is C18H19N5O3. The number of anilines is 1. The molecule has 1 aliphatic rings. The van der Waals surface area contributed by atoms with Crippen molar-refractivity contribution in [3.8, 4) is 11.4 Å². The Bertz CT molecular complexity index is 939. The lowest BCUT2D eigenvalue weighted by atomic mass is 9.96. The van der Waals surface area contributed by atoms with Gasteiger partial charge < -0.3 is 14.6 Å². The highest BCUT2D eigenvalue weighted by Gasteiger charge is 2.26. The van der Waals surface area contributed by atoms with E-state index < -0.39 is 0 Å². The second-order valence-corrected chi connectivity index (χ2v) is 6.44. The van der Waals surface area contributed by atoms with Crippen LogP contribution in [-0.4, -0.2) is 44.4 Å². The van der Waals surface area contributed by atoms with Crippen LogP contribution in [0.2, 0.25) is 0 Å². The van der Waals surface area contributed by atoms with Gasteiger partial charge in [0, 0.05) is 25.9 Å². The first-order valence-electron chi connectivity index (χ1n) is 8.55. The first-order chi connectivity index (χ1) is 12.6. The lowest BCUT2D eigenvalue weighted by Crippen LogP contribution is -2.40. The quantitative estimate of drug-likeness (QED) is 0.779. The van der Waals surface area contributed by atoms with E-state index in [9.17, 15) is 9.59 Å². The van der Waals surface area contributed by atoms with Crippen molar-refractivity contribution in [1.82, 2.24) is 19.5 Å². The number of rotatable bonds is 3. The number of hydrogen-bond donors (Lipinski definition) is 1. The minimum atomic E-state index is -0.0847. The average Bonchev–Trinajstić information content (AvgIpc) is 3.30. The van der Waals surface area contributed by atoms with E-state index in [0.717, 1.165) is 5.56 Å². The van der Waals surface area contributed by atoms with Gasteiger partial charge in [-0.2, -0.15) is 0 Å². The van der Waals surface area contributed by atoms with Crippen molar-refractivity contribution in [2.45, 2.75) is 19.8 Å². The standard InChI is InChI=1S/C18H19N5O3/c1-12(24)22-7-4-13(5-8-22)18(25)19-15-2-3-16-20-17(21-23(16)10-15)14-6-9-26-11-14/h2-3,6,9-11,13H,4-5,7-8H2,1H3,(H,19,25). The number of piperidine rings is 1. The molecule has 1 N–H and O–H groups in total. The summed E-state index contributed by atoms with van der Waals surface area (Å²) in [7, 11) is 0. The molecule has 0 saturated carbocycles. The maximum absolute atomic E-state index is 12.5. The van der Waals surface area contributed by atoms with Crippen LogP contribution < -0.4 is 5.32 Å². The van der Waals surface area contributed by atoms with Crippen molar-refractivity contribution >= 4 is 23.1 Å². The van der Waals surface area contributed by atoms with E-state index in [1.165, 1.54) is 0 Å². The fourth-order valence-electron chi connectivity index (χ4n) is 3.17. The number of aromatic nitrogens is 3. The Kier molecular flexibility index (Phi) is 4.16. The Balaban J connectivity index is 1.45. The summed E-state index contributed by atoms with van der Waals surface area (Å²) in [4.78, 5) is 30.1. The van der Waals surface area contributed by atoms with Crippen LogP contribution in [-0.2, 0) is 9.59 Å². The van der Waals surface area contributed by atoms with Crippen LogP contribution in [0, 0.1) is 5.92 Å². The van der Waals surface area contributed by atoms with Gasteiger partial charge in [0.15, 0.2) is 11.5 Å². The van der Waals surface area contributed by atoms with Gasteiger partial charge in [0.05, 0.1) is 23.7 Å². The number of fused-ring (bicyclic) bond motifs is 1. The summed E-state index contributed by atoms with van der Waals surface area (Å²) in [5, 5.41) is 7.36. The lowest BCUT2D eigenvalue weighted by Gasteiger charge is -2.30. The van der Waals surface area contributed by atoms with E-state index in [1.54, 1.807) is 41.1 Å². The van der Waals surface area contributed by atoms with Crippen LogP contribution in [0.25, 0.3) is 17.0 Å². The van der Waals surface area contributed by atoms with Crippen LogP contribution in [0.1, 0.15) is 19.8 Å². The molecule has 8 nitrogen and oxygen atoms in total. The molecule has 1 fully saturated rings. The summed E-state index contributed by atoms with van der Waals surface area (Å²) in [6, 6.07) is 5.42. The molecule has 4 rings (SSSR count). The predicted octanol–water partition coefficient (Wildman–Crippen LogP) is 2.19.